The van der Waals surface area contributed by atoms with Crippen LogP contribution in [-0.2, 0) is 28.3 Å². The minimum atomic E-state index is -0.903. The highest BCUT2D eigenvalue weighted by atomic mass is 16.7. The lowest BCUT2D eigenvalue weighted by molar-refractivity contribution is -0.153. The summed E-state index contributed by atoms with van der Waals surface area (Å²) < 4.78 is 29.1. The van der Waals surface area contributed by atoms with Gasteiger partial charge in [-0.1, -0.05) is 19.9 Å². The number of aromatic nitrogens is 2. The summed E-state index contributed by atoms with van der Waals surface area (Å²) in [5.74, 6) is -0.692. The number of methoxy groups -OCH3 is 1. The Hall–Kier alpha value is -2.67. The number of nitrogens with zero attached hydrogens (tertiary/aromatic N) is 2. The lowest BCUT2D eigenvalue weighted by atomic mass is 9.79. The van der Waals surface area contributed by atoms with Crippen molar-refractivity contribution in [1.29, 1.82) is 0 Å². The molecule has 2 atom stereocenters. The standard InChI is InChI=1S/C26H37BN4O7/c1-15(2)20(30-23(33)34-7)22(32)31-14-26(35-10-11-36-26)13-19(31)21-28-17-9-8-16(12-18(17)29-21)27-37-24(3,4)25(5,6)38-27/h8-9,12,15,19-20H,10-11,13-14H2,1-7H3,(H,28,29)(H,30,33)/t19-,20-/m0/s1. The number of ether oxygens (including phenoxy) is 3. The Morgan fingerprint density at radius 2 is 1.82 bits per heavy atom. The highest BCUT2D eigenvalue weighted by molar-refractivity contribution is 6.62. The van der Waals surface area contributed by atoms with Crippen molar-refractivity contribution in [2.45, 2.75) is 77.0 Å². The van der Waals surface area contributed by atoms with Crippen LogP contribution in [0, 0.1) is 5.92 Å². The van der Waals surface area contributed by atoms with E-state index in [4.69, 9.17) is 28.5 Å². The molecule has 0 unspecified atom stereocenters. The van der Waals surface area contributed by atoms with E-state index in [-0.39, 0.29) is 18.4 Å². The van der Waals surface area contributed by atoms with Gasteiger partial charge in [-0.2, -0.15) is 0 Å². The molecule has 11 nitrogen and oxygen atoms in total. The van der Waals surface area contributed by atoms with Crippen molar-refractivity contribution >= 4 is 35.6 Å². The van der Waals surface area contributed by atoms with Crippen molar-refractivity contribution in [1.82, 2.24) is 20.2 Å². The fourth-order valence-corrected chi connectivity index (χ4v) is 5.23. The summed E-state index contributed by atoms with van der Waals surface area (Å²) in [5, 5.41) is 2.68. The van der Waals surface area contributed by atoms with Gasteiger partial charge in [0, 0.05) is 6.42 Å². The van der Waals surface area contributed by atoms with Gasteiger partial charge in [0.15, 0.2) is 5.79 Å². The van der Waals surface area contributed by atoms with Gasteiger partial charge in [0.05, 0.1) is 55.1 Å². The molecule has 0 radical (unpaired) electrons. The van der Waals surface area contributed by atoms with Crippen LogP contribution in [0.25, 0.3) is 11.0 Å². The monoisotopic (exact) mass is 528 g/mol. The van der Waals surface area contributed by atoms with Crippen LogP contribution < -0.4 is 10.8 Å². The number of hydrogen-bond donors (Lipinski definition) is 2. The molecule has 0 aliphatic carbocycles. The smallest absolute Gasteiger partial charge is 0.453 e. The zero-order valence-corrected chi connectivity index (χ0v) is 23.1. The summed E-state index contributed by atoms with van der Waals surface area (Å²) in [4.78, 5) is 35.7. The zero-order chi connectivity index (χ0) is 27.5. The first-order valence-corrected chi connectivity index (χ1v) is 13.1. The van der Waals surface area contributed by atoms with Gasteiger partial charge in [-0.05, 0) is 51.2 Å². The van der Waals surface area contributed by atoms with Gasteiger partial charge in [0.2, 0.25) is 5.91 Å². The molecule has 0 bridgehead atoms. The molecule has 3 aliphatic heterocycles. The predicted molar refractivity (Wildman–Crippen MR) is 140 cm³/mol. The van der Waals surface area contributed by atoms with Gasteiger partial charge in [-0.3, -0.25) is 4.79 Å². The summed E-state index contributed by atoms with van der Waals surface area (Å²) in [7, 11) is 0.776. The topological polar surface area (TPSA) is 124 Å². The summed E-state index contributed by atoms with van der Waals surface area (Å²) in [6.07, 6.45) is -0.235. The van der Waals surface area contributed by atoms with E-state index in [1.807, 2.05) is 59.7 Å². The molecule has 2 amide bonds. The second kappa shape index (κ2) is 9.51. The zero-order valence-electron chi connectivity index (χ0n) is 23.1. The number of nitrogens with one attached hydrogen (secondary N) is 2. The maximum Gasteiger partial charge on any atom is 0.494 e. The first-order valence-electron chi connectivity index (χ1n) is 13.1. The van der Waals surface area contributed by atoms with Gasteiger partial charge in [-0.25, -0.2) is 9.78 Å². The molecule has 1 spiro atoms. The van der Waals surface area contributed by atoms with Crippen LogP contribution in [0.2, 0.25) is 0 Å². The Labute approximate surface area is 223 Å². The van der Waals surface area contributed by atoms with E-state index in [0.717, 1.165) is 16.5 Å². The van der Waals surface area contributed by atoms with Crippen LogP contribution in [0.15, 0.2) is 18.2 Å². The highest BCUT2D eigenvalue weighted by Crippen LogP contribution is 2.43. The second-order valence-electron chi connectivity index (χ2n) is 11.6. The van der Waals surface area contributed by atoms with Crippen molar-refractivity contribution < 1.29 is 33.1 Å². The Morgan fingerprint density at radius 3 is 2.42 bits per heavy atom. The summed E-state index contributed by atoms with van der Waals surface area (Å²) in [6.45, 7) is 13.0. The quantitative estimate of drug-likeness (QED) is 0.567. The molecule has 2 aromatic rings. The SMILES string of the molecule is COC(=O)N[C@H](C(=O)N1CC2(C[C@H]1c1nc3ccc(B4OC(C)(C)C(C)(C)O4)cc3[nH]1)OCCO2)C(C)C. The summed E-state index contributed by atoms with van der Waals surface area (Å²) >= 11 is 0. The number of aromatic amines is 1. The molecule has 3 saturated heterocycles. The van der Waals surface area contributed by atoms with Crippen LogP contribution in [0.3, 0.4) is 0 Å². The fraction of sp³-hybridized carbons (Fsp3) is 0.654. The molecule has 0 saturated carbocycles. The Bertz CT molecular complexity index is 1210. The number of carbonyl (C=O) groups excluding carboxylic acids is 2. The molecule has 38 heavy (non-hydrogen) atoms. The minimum absolute atomic E-state index is 0.164. The lowest BCUT2D eigenvalue weighted by Gasteiger charge is -2.32. The van der Waals surface area contributed by atoms with Crippen molar-refractivity contribution in [3.8, 4) is 0 Å². The molecule has 1 aromatic carbocycles. The van der Waals surface area contributed by atoms with Crippen LogP contribution in [-0.4, -0.2) is 83.9 Å². The van der Waals surface area contributed by atoms with Crippen LogP contribution in [0.1, 0.15) is 59.8 Å². The van der Waals surface area contributed by atoms with E-state index in [9.17, 15) is 9.59 Å². The molecule has 5 rings (SSSR count). The number of rotatable bonds is 5. The number of alkyl carbamates (subject to hydrolysis) is 1. The highest BCUT2D eigenvalue weighted by Gasteiger charge is 2.53. The van der Waals surface area contributed by atoms with Gasteiger partial charge in [-0.15, -0.1) is 0 Å². The minimum Gasteiger partial charge on any atom is -0.453 e. The molecular weight excluding hydrogens is 491 g/mol. The van der Waals surface area contributed by atoms with Crippen molar-refractivity contribution in [2.24, 2.45) is 5.92 Å². The summed E-state index contributed by atoms with van der Waals surface area (Å²) in [6, 6.07) is 4.63. The molecule has 4 heterocycles. The van der Waals surface area contributed by atoms with Gasteiger partial charge in [0.25, 0.3) is 0 Å². The molecule has 2 N–H and O–H groups in total. The number of hydrogen-bond acceptors (Lipinski definition) is 8. The van der Waals surface area contributed by atoms with Crippen molar-refractivity contribution in [2.75, 3.05) is 26.9 Å². The fourth-order valence-electron chi connectivity index (χ4n) is 5.23. The van der Waals surface area contributed by atoms with Crippen LogP contribution in [0.4, 0.5) is 4.79 Å². The average molecular weight is 528 g/mol. The molecule has 206 valence electrons. The van der Waals surface area contributed by atoms with E-state index in [1.54, 1.807) is 4.90 Å². The third-order valence-electron chi connectivity index (χ3n) is 8.15. The molecule has 3 fully saturated rings. The molecule has 1 aromatic heterocycles. The number of benzene rings is 1. The van der Waals surface area contributed by atoms with Crippen molar-refractivity contribution in [3.63, 3.8) is 0 Å². The number of fused-ring (bicyclic) bond motifs is 1. The largest absolute Gasteiger partial charge is 0.494 e. The lowest BCUT2D eigenvalue weighted by Crippen LogP contribution is -2.52. The van der Waals surface area contributed by atoms with E-state index >= 15 is 0 Å². The van der Waals surface area contributed by atoms with Gasteiger partial charge in [0.1, 0.15) is 11.9 Å². The molecule has 3 aliphatic rings. The van der Waals surface area contributed by atoms with Crippen LogP contribution in [0.5, 0.6) is 0 Å². The molecule has 12 heteroatoms. The van der Waals surface area contributed by atoms with Crippen LogP contribution >= 0.6 is 0 Å². The first-order chi connectivity index (χ1) is 17.8. The second-order valence-corrected chi connectivity index (χ2v) is 11.6. The van der Waals surface area contributed by atoms with E-state index in [0.29, 0.717) is 25.5 Å². The first kappa shape index (κ1) is 26.9. The number of carbonyl (C=O) groups is 2. The molecular formula is C26H37BN4O7. The number of amides is 2. The maximum atomic E-state index is 13.8. The van der Waals surface area contributed by atoms with E-state index < -0.39 is 42.3 Å². The Kier molecular flexibility index (Phi) is 6.74. The normalized spacial score (nSPS) is 24.5. The third-order valence-corrected chi connectivity index (χ3v) is 8.15. The number of likely N-dealkylation sites (tertiary alicyclic amines) is 1. The van der Waals surface area contributed by atoms with E-state index in [2.05, 4.69) is 10.3 Å². The Balaban J connectivity index is 1.45. The summed E-state index contributed by atoms with van der Waals surface area (Å²) in [5.41, 5.74) is 1.55. The van der Waals surface area contributed by atoms with Gasteiger partial charge >= 0.3 is 13.2 Å². The third kappa shape index (κ3) is 4.68. The predicted octanol–water partition coefficient (Wildman–Crippen LogP) is 2.26. The number of imidazole rings is 1. The van der Waals surface area contributed by atoms with Gasteiger partial charge < -0.3 is 38.7 Å². The average Bonchev–Trinajstić information content (AvgIpc) is 3.62. The number of H-pyrrole nitrogens is 1. The van der Waals surface area contributed by atoms with E-state index in [1.165, 1.54) is 7.11 Å². The Morgan fingerprint density at radius 1 is 1.16 bits per heavy atom. The maximum absolute atomic E-state index is 13.8. The van der Waals surface area contributed by atoms with Crippen molar-refractivity contribution in [3.05, 3.63) is 24.0 Å².